The molecule has 2 saturated carbocycles. The lowest BCUT2D eigenvalue weighted by Crippen LogP contribution is -2.38. The summed E-state index contributed by atoms with van der Waals surface area (Å²) in [6.07, 6.45) is -6.86. The van der Waals surface area contributed by atoms with E-state index in [0.29, 0.717) is 12.8 Å². The lowest BCUT2D eigenvalue weighted by Gasteiger charge is -2.29. The van der Waals surface area contributed by atoms with E-state index in [1.165, 1.54) is 14.7 Å². The molecule has 5 atom stereocenters. The molecule has 174 valence electrons. The predicted octanol–water partition coefficient (Wildman–Crippen LogP) is 7.08. The summed E-state index contributed by atoms with van der Waals surface area (Å²) in [4.78, 5) is 4.08. The highest BCUT2D eigenvalue weighted by Gasteiger charge is 2.55. The molecule has 0 aliphatic heterocycles. The third-order valence-corrected chi connectivity index (χ3v) is 8.69. The van der Waals surface area contributed by atoms with E-state index in [1.54, 1.807) is 0 Å². The number of hydrogen-bond acceptors (Lipinski definition) is 1. The molecule has 1 nitrogen and oxygen atoms in total. The topological polar surface area (TPSA) is 20.2 Å². The van der Waals surface area contributed by atoms with Crippen molar-refractivity contribution in [3.05, 3.63) is 91.0 Å². The Morgan fingerprint density at radius 3 is 1.45 bits per heavy atom. The average Bonchev–Trinajstić information content (AvgIpc) is 3.40. The van der Waals surface area contributed by atoms with E-state index < -0.39 is 30.3 Å². The van der Waals surface area contributed by atoms with Crippen LogP contribution in [0, 0.1) is 17.8 Å². The van der Waals surface area contributed by atoms with E-state index in [9.17, 15) is 22.7 Å². The summed E-state index contributed by atoms with van der Waals surface area (Å²) in [5.74, 6) is -1.39. The number of aliphatic hydroxyl groups excluding tert-OH is 1. The first-order chi connectivity index (χ1) is 15.8. The molecular weight excluding hydrogens is 448 g/mol. The quantitative estimate of drug-likeness (QED) is 0.316. The maximum Gasteiger partial charge on any atom is 0.419 e. The van der Waals surface area contributed by atoms with Gasteiger partial charge >= 0.3 is 6.18 Å². The molecule has 2 aliphatic carbocycles. The SMILES string of the molecule is OC1CC2CC1C(C(F)C(F)(F)F)C2.c1ccc([S+](c2ccccc2)c2ccccc2)cc1. The lowest BCUT2D eigenvalue weighted by atomic mass is 9.83. The summed E-state index contributed by atoms with van der Waals surface area (Å²) >= 11 is 0. The molecule has 2 fully saturated rings. The first-order valence-corrected chi connectivity index (χ1v) is 12.4. The smallest absolute Gasteiger partial charge is 0.393 e. The summed E-state index contributed by atoms with van der Waals surface area (Å²) in [7, 11) is -0.0146. The number of hydrogen-bond donors (Lipinski definition) is 1. The first kappa shape index (κ1) is 23.8. The zero-order valence-electron chi connectivity index (χ0n) is 18.0. The fourth-order valence-corrected chi connectivity index (χ4v) is 7.13. The van der Waals surface area contributed by atoms with Crippen LogP contribution in [-0.2, 0) is 10.9 Å². The molecule has 3 aromatic carbocycles. The van der Waals surface area contributed by atoms with E-state index in [1.807, 2.05) is 0 Å². The Labute approximate surface area is 194 Å². The Morgan fingerprint density at radius 1 is 0.697 bits per heavy atom. The number of benzene rings is 3. The van der Waals surface area contributed by atoms with Gasteiger partial charge in [-0.2, -0.15) is 13.2 Å². The molecule has 2 bridgehead atoms. The van der Waals surface area contributed by atoms with E-state index in [-0.39, 0.29) is 23.2 Å². The van der Waals surface area contributed by atoms with Gasteiger partial charge in [0.05, 0.1) is 17.0 Å². The van der Waals surface area contributed by atoms with Crippen molar-refractivity contribution in [2.24, 2.45) is 17.8 Å². The molecule has 0 spiro atoms. The summed E-state index contributed by atoms with van der Waals surface area (Å²) in [6.45, 7) is 0. The highest BCUT2D eigenvalue weighted by Crippen LogP contribution is 2.52. The highest BCUT2D eigenvalue weighted by atomic mass is 32.2. The molecule has 0 amide bonds. The van der Waals surface area contributed by atoms with Gasteiger partial charge in [-0.25, -0.2) is 4.39 Å². The van der Waals surface area contributed by atoms with Crippen molar-refractivity contribution < 1.29 is 22.7 Å². The molecule has 5 unspecified atom stereocenters. The Morgan fingerprint density at radius 2 is 1.12 bits per heavy atom. The van der Waals surface area contributed by atoms with Crippen molar-refractivity contribution in [3.63, 3.8) is 0 Å². The van der Waals surface area contributed by atoms with Crippen molar-refractivity contribution in [2.45, 2.75) is 52.4 Å². The third kappa shape index (κ3) is 5.61. The fourth-order valence-electron chi connectivity index (χ4n) is 5.02. The maximum absolute atomic E-state index is 13.0. The second kappa shape index (κ2) is 10.3. The monoisotopic (exact) mass is 475 g/mol. The van der Waals surface area contributed by atoms with Crippen molar-refractivity contribution in [1.29, 1.82) is 0 Å². The van der Waals surface area contributed by atoms with Gasteiger partial charge in [-0.1, -0.05) is 54.6 Å². The van der Waals surface area contributed by atoms with Gasteiger partial charge in [-0.05, 0) is 67.5 Å². The average molecular weight is 476 g/mol. The zero-order chi connectivity index (χ0) is 23.4. The zero-order valence-corrected chi connectivity index (χ0v) is 18.9. The molecule has 0 saturated heterocycles. The van der Waals surface area contributed by atoms with Gasteiger partial charge < -0.3 is 5.11 Å². The number of halogens is 4. The van der Waals surface area contributed by atoms with Crippen LogP contribution in [-0.4, -0.2) is 23.6 Å². The summed E-state index contributed by atoms with van der Waals surface area (Å²) in [5.41, 5.74) is 0. The highest BCUT2D eigenvalue weighted by molar-refractivity contribution is 7.97. The molecule has 3 aromatic rings. The summed E-state index contributed by atoms with van der Waals surface area (Å²) in [5, 5.41) is 9.37. The number of rotatable bonds is 4. The van der Waals surface area contributed by atoms with Gasteiger partial charge in [0, 0.05) is 5.92 Å². The van der Waals surface area contributed by atoms with Gasteiger partial charge in [0.25, 0.3) is 0 Å². The number of aliphatic hydroxyl groups is 1. The molecule has 0 aromatic heterocycles. The second-order valence-corrected chi connectivity index (χ2v) is 10.7. The number of fused-ring (bicyclic) bond motifs is 2. The molecule has 5 rings (SSSR count). The Kier molecular flexibility index (Phi) is 7.45. The van der Waals surface area contributed by atoms with Crippen LogP contribution in [0.3, 0.4) is 0 Å². The van der Waals surface area contributed by atoms with Crippen molar-refractivity contribution in [3.8, 4) is 0 Å². The maximum atomic E-state index is 13.0. The Bertz CT molecular complexity index is 903. The normalized spacial score (nSPS) is 24.9. The molecular formula is C27H27F4OS+. The molecule has 1 N–H and O–H groups in total. The van der Waals surface area contributed by atoms with Crippen LogP contribution in [0.2, 0.25) is 0 Å². The van der Waals surface area contributed by atoms with Crippen molar-refractivity contribution in [2.75, 3.05) is 0 Å². The fraction of sp³-hybridized carbons (Fsp3) is 0.333. The van der Waals surface area contributed by atoms with E-state index >= 15 is 0 Å². The Hall–Kier alpha value is -2.31. The van der Waals surface area contributed by atoms with Crippen molar-refractivity contribution >= 4 is 10.9 Å². The third-order valence-electron chi connectivity index (χ3n) is 6.46. The Balaban J connectivity index is 0.000000165. The van der Waals surface area contributed by atoms with E-state index in [0.717, 1.165) is 0 Å². The van der Waals surface area contributed by atoms with E-state index in [2.05, 4.69) is 91.0 Å². The summed E-state index contributed by atoms with van der Waals surface area (Å²) < 4.78 is 49.3. The van der Waals surface area contributed by atoms with Gasteiger partial charge in [0.1, 0.15) is 0 Å². The van der Waals surface area contributed by atoms with Crippen LogP contribution < -0.4 is 0 Å². The van der Waals surface area contributed by atoms with Crippen LogP contribution in [0.5, 0.6) is 0 Å². The minimum absolute atomic E-state index is 0.0146. The number of alkyl halides is 4. The standard InChI is InChI=1S/C18H15S.C9H12F4O/c1-4-10-16(11-5-1)19(17-12-6-2-7-13-17)18-14-8-3-9-15-18;10-8(9(11,12)13)6-2-4-1-5(6)7(14)3-4/h1-15H;4-8,14H,1-3H2/q+1;. The minimum Gasteiger partial charge on any atom is -0.393 e. The minimum atomic E-state index is -4.77. The molecule has 0 radical (unpaired) electrons. The van der Waals surface area contributed by atoms with E-state index in [4.69, 9.17) is 0 Å². The van der Waals surface area contributed by atoms with Crippen molar-refractivity contribution in [1.82, 2.24) is 0 Å². The van der Waals surface area contributed by atoms with Gasteiger partial charge in [0.15, 0.2) is 20.9 Å². The molecule has 33 heavy (non-hydrogen) atoms. The molecule has 2 aliphatic rings. The van der Waals surface area contributed by atoms with Gasteiger partial charge in [-0.15, -0.1) is 0 Å². The van der Waals surface area contributed by atoms with Crippen LogP contribution in [0.15, 0.2) is 106 Å². The van der Waals surface area contributed by atoms with Crippen LogP contribution in [0.25, 0.3) is 0 Å². The predicted molar refractivity (Wildman–Crippen MR) is 123 cm³/mol. The van der Waals surface area contributed by atoms with Crippen LogP contribution >= 0.6 is 0 Å². The largest absolute Gasteiger partial charge is 0.419 e. The van der Waals surface area contributed by atoms with Gasteiger partial charge in [-0.3, -0.25) is 0 Å². The lowest BCUT2D eigenvalue weighted by molar-refractivity contribution is -0.202. The summed E-state index contributed by atoms with van der Waals surface area (Å²) in [6, 6.07) is 32.2. The second-order valence-electron chi connectivity index (χ2n) is 8.66. The van der Waals surface area contributed by atoms with Crippen LogP contribution in [0.4, 0.5) is 17.6 Å². The van der Waals surface area contributed by atoms with Crippen LogP contribution in [0.1, 0.15) is 19.3 Å². The van der Waals surface area contributed by atoms with Gasteiger partial charge in [0.2, 0.25) is 0 Å². The first-order valence-electron chi connectivity index (χ1n) is 11.1. The molecule has 0 heterocycles. The molecule has 6 heteroatoms.